The molecule has 9 heteroatoms. The maximum Gasteiger partial charge on any atom is 0.345 e. The summed E-state index contributed by atoms with van der Waals surface area (Å²) in [6.45, 7) is 2.25. The van der Waals surface area contributed by atoms with Crippen LogP contribution in [0, 0.1) is 5.92 Å². The summed E-state index contributed by atoms with van der Waals surface area (Å²) in [6, 6.07) is 9.72. The van der Waals surface area contributed by atoms with Crippen LogP contribution in [0.3, 0.4) is 0 Å². The molecule has 0 spiro atoms. The van der Waals surface area contributed by atoms with E-state index < -0.39 is 12.1 Å². The average molecular weight is 517 g/mol. The van der Waals surface area contributed by atoms with E-state index >= 15 is 0 Å². The van der Waals surface area contributed by atoms with Gasteiger partial charge in [-0.3, -0.25) is 4.79 Å². The van der Waals surface area contributed by atoms with Crippen LogP contribution in [0.5, 0.6) is 11.5 Å². The Morgan fingerprint density at radius 1 is 1.12 bits per heavy atom. The summed E-state index contributed by atoms with van der Waals surface area (Å²) in [5, 5.41) is 8.04. The molecule has 5 rings (SSSR count). The molecule has 176 valence electrons. The van der Waals surface area contributed by atoms with Gasteiger partial charge in [0.05, 0.1) is 23.3 Å². The van der Waals surface area contributed by atoms with Crippen molar-refractivity contribution in [2.45, 2.75) is 32.4 Å². The summed E-state index contributed by atoms with van der Waals surface area (Å²) in [5.41, 5.74) is 2.93. The Kier molecular flexibility index (Phi) is 6.18. The van der Waals surface area contributed by atoms with Crippen molar-refractivity contribution in [3.63, 3.8) is 0 Å². The van der Waals surface area contributed by atoms with Crippen LogP contribution in [-0.4, -0.2) is 19.0 Å². The predicted molar refractivity (Wildman–Crippen MR) is 134 cm³/mol. The number of amides is 1. The van der Waals surface area contributed by atoms with E-state index in [-0.39, 0.29) is 22.2 Å². The van der Waals surface area contributed by atoms with Crippen molar-refractivity contribution in [3.05, 3.63) is 73.6 Å². The summed E-state index contributed by atoms with van der Waals surface area (Å²) in [5.74, 6) is 0.536. The van der Waals surface area contributed by atoms with Crippen molar-refractivity contribution in [2.24, 2.45) is 5.92 Å². The van der Waals surface area contributed by atoms with Gasteiger partial charge in [-0.15, -0.1) is 11.3 Å². The van der Waals surface area contributed by atoms with Crippen LogP contribution in [0.2, 0.25) is 10.0 Å². The SMILES string of the molecule is COc1cc([C@H]2NC(=O)c3c(sc4c3CC[C@H](C)C4)N2)ccc1OC(=O)c1ccc(Cl)cc1Cl. The number of rotatable bonds is 4. The van der Waals surface area contributed by atoms with Crippen molar-refractivity contribution in [1.82, 2.24) is 5.32 Å². The minimum absolute atomic E-state index is 0.0716. The minimum atomic E-state index is -0.625. The van der Waals surface area contributed by atoms with Crippen molar-refractivity contribution in [3.8, 4) is 11.5 Å². The number of hydrogen-bond donors (Lipinski definition) is 2. The van der Waals surface area contributed by atoms with Gasteiger partial charge < -0.3 is 20.1 Å². The Balaban J connectivity index is 1.38. The predicted octanol–water partition coefficient (Wildman–Crippen LogP) is 6.26. The van der Waals surface area contributed by atoms with Crippen LogP contribution in [0.1, 0.15) is 56.2 Å². The molecule has 1 aromatic heterocycles. The largest absolute Gasteiger partial charge is 0.493 e. The fourth-order valence-electron chi connectivity index (χ4n) is 4.39. The summed E-state index contributed by atoms with van der Waals surface area (Å²) in [4.78, 5) is 26.9. The lowest BCUT2D eigenvalue weighted by Gasteiger charge is -2.27. The molecule has 3 aromatic rings. The van der Waals surface area contributed by atoms with Gasteiger partial charge in [0.15, 0.2) is 11.5 Å². The second-order valence-corrected chi connectivity index (χ2v) is 10.5. The van der Waals surface area contributed by atoms with Crippen LogP contribution in [-0.2, 0) is 12.8 Å². The maximum atomic E-state index is 13.0. The topological polar surface area (TPSA) is 76.7 Å². The molecule has 2 aromatic carbocycles. The van der Waals surface area contributed by atoms with Gasteiger partial charge in [0, 0.05) is 9.90 Å². The first kappa shape index (κ1) is 23.0. The van der Waals surface area contributed by atoms with E-state index in [0.717, 1.165) is 35.4 Å². The Hall–Kier alpha value is -2.74. The monoisotopic (exact) mass is 516 g/mol. The summed E-state index contributed by atoms with van der Waals surface area (Å²) >= 11 is 13.7. The van der Waals surface area contributed by atoms with E-state index in [2.05, 4.69) is 17.6 Å². The second kappa shape index (κ2) is 9.13. The molecule has 0 saturated carbocycles. The third kappa shape index (κ3) is 4.24. The molecule has 2 atom stereocenters. The molecule has 0 radical (unpaired) electrons. The van der Waals surface area contributed by atoms with Crippen LogP contribution in [0.15, 0.2) is 36.4 Å². The Morgan fingerprint density at radius 2 is 1.94 bits per heavy atom. The zero-order valence-electron chi connectivity index (χ0n) is 18.5. The number of halogens is 2. The fraction of sp³-hybridized carbons (Fsp3) is 0.280. The first-order valence-electron chi connectivity index (χ1n) is 10.9. The number of ether oxygens (including phenoxy) is 2. The van der Waals surface area contributed by atoms with Crippen molar-refractivity contribution in [2.75, 3.05) is 12.4 Å². The number of methoxy groups -OCH3 is 1. The molecule has 1 amide bonds. The number of nitrogens with one attached hydrogen (secondary N) is 2. The molecule has 34 heavy (non-hydrogen) atoms. The molecular weight excluding hydrogens is 495 g/mol. The Labute approximate surface area is 211 Å². The van der Waals surface area contributed by atoms with Crippen LogP contribution < -0.4 is 20.1 Å². The lowest BCUT2D eigenvalue weighted by Crippen LogP contribution is -2.38. The van der Waals surface area contributed by atoms with Gasteiger partial charge >= 0.3 is 5.97 Å². The molecule has 6 nitrogen and oxygen atoms in total. The summed E-state index contributed by atoms with van der Waals surface area (Å²) in [7, 11) is 1.49. The summed E-state index contributed by atoms with van der Waals surface area (Å²) < 4.78 is 11.0. The van der Waals surface area contributed by atoms with Gasteiger partial charge in [-0.2, -0.15) is 0 Å². The first-order valence-corrected chi connectivity index (χ1v) is 12.5. The molecular formula is C25H22Cl2N2O4S. The normalized spacial score (nSPS) is 18.9. The highest BCUT2D eigenvalue weighted by Crippen LogP contribution is 2.43. The van der Waals surface area contributed by atoms with Crippen molar-refractivity contribution < 1.29 is 19.1 Å². The van der Waals surface area contributed by atoms with E-state index in [0.29, 0.717) is 16.7 Å². The molecule has 0 bridgehead atoms. The minimum Gasteiger partial charge on any atom is -0.493 e. The van der Waals surface area contributed by atoms with E-state index in [1.165, 1.54) is 29.7 Å². The zero-order chi connectivity index (χ0) is 24.0. The Morgan fingerprint density at radius 3 is 2.71 bits per heavy atom. The molecule has 0 unspecified atom stereocenters. The van der Waals surface area contributed by atoms with Crippen LogP contribution in [0.4, 0.5) is 5.00 Å². The smallest absolute Gasteiger partial charge is 0.345 e. The zero-order valence-corrected chi connectivity index (χ0v) is 20.9. The average Bonchev–Trinajstić information content (AvgIpc) is 3.17. The lowest BCUT2D eigenvalue weighted by molar-refractivity contribution is 0.0729. The second-order valence-electron chi connectivity index (χ2n) is 8.53. The molecule has 0 saturated heterocycles. The third-order valence-corrected chi connectivity index (χ3v) is 7.90. The van der Waals surface area contributed by atoms with Gasteiger partial charge in [-0.1, -0.05) is 36.2 Å². The number of benzene rings is 2. The van der Waals surface area contributed by atoms with Crippen molar-refractivity contribution in [1.29, 1.82) is 0 Å². The van der Waals surface area contributed by atoms with E-state index in [1.54, 1.807) is 35.6 Å². The highest BCUT2D eigenvalue weighted by atomic mass is 35.5. The quantitative estimate of drug-likeness (QED) is 0.316. The summed E-state index contributed by atoms with van der Waals surface area (Å²) in [6.07, 6.45) is 2.62. The number of esters is 1. The number of anilines is 1. The van der Waals surface area contributed by atoms with E-state index in [9.17, 15) is 9.59 Å². The van der Waals surface area contributed by atoms with Gasteiger partial charge in [0.2, 0.25) is 0 Å². The number of carbonyl (C=O) groups excluding carboxylic acids is 2. The number of hydrogen-bond acceptors (Lipinski definition) is 6. The van der Waals surface area contributed by atoms with Crippen LogP contribution in [0.25, 0.3) is 0 Å². The van der Waals surface area contributed by atoms with Gasteiger partial charge in [-0.25, -0.2) is 4.79 Å². The number of fused-ring (bicyclic) bond motifs is 3. The number of thiophene rings is 1. The van der Waals surface area contributed by atoms with Gasteiger partial charge in [0.1, 0.15) is 11.2 Å². The van der Waals surface area contributed by atoms with Gasteiger partial charge in [0.25, 0.3) is 5.91 Å². The molecule has 2 heterocycles. The Bertz CT molecular complexity index is 1310. The molecule has 1 aliphatic carbocycles. The molecule has 2 aliphatic rings. The van der Waals surface area contributed by atoms with E-state index in [4.69, 9.17) is 32.7 Å². The highest BCUT2D eigenvalue weighted by Gasteiger charge is 2.33. The third-order valence-electron chi connectivity index (χ3n) is 6.16. The first-order chi connectivity index (χ1) is 16.3. The van der Waals surface area contributed by atoms with E-state index in [1.807, 2.05) is 0 Å². The fourth-order valence-corrected chi connectivity index (χ4v) is 6.31. The number of carbonyl (C=O) groups is 2. The highest BCUT2D eigenvalue weighted by molar-refractivity contribution is 7.16. The lowest BCUT2D eigenvalue weighted by atomic mass is 9.88. The molecule has 0 fully saturated rings. The molecule has 2 N–H and O–H groups in total. The van der Waals surface area contributed by atoms with Crippen molar-refractivity contribution >= 4 is 51.4 Å². The maximum absolute atomic E-state index is 13.0. The molecule has 1 aliphatic heterocycles. The standard InChI is InChI=1S/C25H22Cl2N2O4S/c1-12-3-6-16-20(9-12)34-24-21(16)23(30)28-22(29-24)13-4-8-18(19(10-13)32-2)33-25(31)15-7-5-14(26)11-17(15)27/h4-5,7-8,10-12,22,29H,3,6,9H2,1-2H3,(H,28,30)/t12-,22-/m0/s1. The van der Waals surface area contributed by atoms with Crippen LogP contribution >= 0.6 is 34.5 Å². The van der Waals surface area contributed by atoms with Gasteiger partial charge in [-0.05, 0) is 66.6 Å².